The second-order valence-electron chi connectivity index (χ2n) is 6.37. The Morgan fingerprint density at radius 1 is 1.32 bits per heavy atom. The summed E-state index contributed by atoms with van der Waals surface area (Å²) in [7, 11) is 0. The standard InChI is InChI=1S/C19H25NO2/c1-14(2)9-8-12-17(15(3)21)19(4)13-18(22)20(19)16-10-6-5-7-11-16/h5-7,9-12,15,21H,8,13H2,1-4H3/b17-12+. The van der Waals surface area contributed by atoms with Crippen LogP contribution >= 0.6 is 0 Å². The van der Waals surface area contributed by atoms with Crippen molar-refractivity contribution < 1.29 is 9.90 Å². The zero-order chi connectivity index (χ0) is 16.3. The largest absolute Gasteiger partial charge is 0.389 e. The molecule has 1 aliphatic heterocycles. The highest BCUT2D eigenvalue weighted by molar-refractivity contribution is 6.04. The van der Waals surface area contributed by atoms with E-state index >= 15 is 0 Å². The molecule has 1 fully saturated rings. The van der Waals surface area contributed by atoms with Crippen molar-refractivity contribution in [3.05, 3.63) is 53.6 Å². The van der Waals surface area contributed by atoms with Crippen LogP contribution in [-0.4, -0.2) is 22.7 Å². The second-order valence-corrected chi connectivity index (χ2v) is 6.37. The van der Waals surface area contributed by atoms with E-state index in [2.05, 4.69) is 26.0 Å². The molecule has 3 nitrogen and oxygen atoms in total. The monoisotopic (exact) mass is 299 g/mol. The molecular formula is C19H25NO2. The first kappa shape index (κ1) is 16.5. The first-order valence-corrected chi connectivity index (χ1v) is 7.76. The molecule has 0 spiro atoms. The van der Waals surface area contributed by atoms with Crippen LogP contribution in [-0.2, 0) is 4.79 Å². The fraction of sp³-hybridized carbons (Fsp3) is 0.421. The van der Waals surface area contributed by atoms with Gasteiger partial charge in [-0.25, -0.2) is 0 Å². The number of para-hydroxylation sites is 1. The second kappa shape index (κ2) is 6.49. The number of carbonyl (C=O) groups is 1. The Hall–Kier alpha value is -1.87. The number of benzene rings is 1. The molecule has 1 aromatic carbocycles. The van der Waals surface area contributed by atoms with Crippen LogP contribution < -0.4 is 4.90 Å². The number of β-lactam (4-membered cyclic amide) rings is 1. The fourth-order valence-corrected chi connectivity index (χ4v) is 3.14. The molecule has 0 aliphatic carbocycles. The summed E-state index contributed by atoms with van der Waals surface area (Å²) in [5.41, 5.74) is 2.60. The SMILES string of the molecule is CC(C)=CC/C=C(\C(C)O)C1(C)CC(=O)N1c1ccccc1. The molecule has 0 radical (unpaired) electrons. The minimum absolute atomic E-state index is 0.0995. The van der Waals surface area contributed by atoms with Crippen molar-refractivity contribution in [1.29, 1.82) is 0 Å². The minimum Gasteiger partial charge on any atom is -0.389 e. The van der Waals surface area contributed by atoms with Gasteiger partial charge in [-0.15, -0.1) is 0 Å². The van der Waals surface area contributed by atoms with Crippen LogP contribution in [0.4, 0.5) is 5.69 Å². The van der Waals surface area contributed by atoms with Crippen LogP contribution in [0.25, 0.3) is 0 Å². The normalized spacial score (nSPS) is 23.0. The third-order valence-electron chi connectivity index (χ3n) is 4.19. The summed E-state index contributed by atoms with van der Waals surface area (Å²) in [5.74, 6) is 0.0995. The van der Waals surface area contributed by atoms with Crippen LogP contribution in [0.5, 0.6) is 0 Å². The summed E-state index contributed by atoms with van der Waals surface area (Å²) >= 11 is 0. The van der Waals surface area contributed by atoms with Crippen molar-refractivity contribution in [1.82, 2.24) is 0 Å². The van der Waals surface area contributed by atoms with Crippen LogP contribution in [0.2, 0.25) is 0 Å². The molecule has 0 bridgehead atoms. The van der Waals surface area contributed by atoms with Gasteiger partial charge in [0.2, 0.25) is 5.91 Å². The molecule has 1 heterocycles. The maximum Gasteiger partial charge on any atom is 0.230 e. The topological polar surface area (TPSA) is 40.5 Å². The number of carbonyl (C=O) groups excluding carboxylic acids is 1. The highest BCUT2D eigenvalue weighted by Gasteiger charge is 2.51. The van der Waals surface area contributed by atoms with E-state index in [0.717, 1.165) is 17.7 Å². The number of aliphatic hydroxyl groups is 1. The van der Waals surface area contributed by atoms with E-state index in [1.807, 2.05) is 37.3 Å². The summed E-state index contributed by atoms with van der Waals surface area (Å²) < 4.78 is 0. The van der Waals surface area contributed by atoms with E-state index in [1.54, 1.807) is 11.8 Å². The highest BCUT2D eigenvalue weighted by Crippen LogP contribution is 2.43. The molecule has 22 heavy (non-hydrogen) atoms. The lowest BCUT2D eigenvalue weighted by atomic mass is 9.75. The number of amides is 1. The van der Waals surface area contributed by atoms with Crippen LogP contribution in [0.3, 0.4) is 0 Å². The van der Waals surface area contributed by atoms with Gasteiger partial charge in [0, 0.05) is 5.69 Å². The maximum atomic E-state index is 12.2. The van der Waals surface area contributed by atoms with Crippen molar-refractivity contribution in [3.63, 3.8) is 0 Å². The molecule has 2 rings (SSSR count). The van der Waals surface area contributed by atoms with Gasteiger partial charge in [-0.2, -0.15) is 0 Å². The first-order valence-electron chi connectivity index (χ1n) is 7.76. The van der Waals surface area contributed by atoms with E-state index in [4.69, 9.17) is 0 Å². The van der Waals surface area contributed by atoms with Gasteiger partial charge in [0.15, 0.2) is 0 Å². The van der Waals surface area contributed by atoms with Gasteiger partial charge < -0.3 is 10.0 Å². The smallest absolute Gasteiger partial charge is 0.230 e. The minimum atomic E-state index is -0.574. The quantitative estimate of drug-likeness (QED) is 0.663. The average molecular weight is 299 g/mol. The molecule has 118 valence electrons. The van der Waals surface area contributed by atoms with E-state index in [1.165, 1.54) is 5.57 Å². The first-order chi connectivity index (χ1) is 10.4. The fourth-order valence-electron chi connectivity index (χ4n) is 3.14. The zero-order valence-electron chi connectivity index (χ0n) is 13.8. The molecule has 0 aromatic heterocycles. The summed E-state index contributed by atoms with van der Waals surface area (Å²) in [5, 5.41) is 10.2. The number of hydrogen-bond donors (Lipinski definition) is 1. The van der Waals surface area contributed by atoms with Crippen molar-refractivity contribution in [2.24, 2.45) is 0 Å². The van der Waals surface area contributed by atoms with Crippen molar-refractivity contribution >= 4 is 11.6 Å². The number of anilines is 1. The van der Waals surface area contributed by atoms with Crippen LogP contribution in [0.1, 0.15) is 40.5 Å². The summed E-state index contributed by atoms with van der Waals surface area (Å²) in [6.45, 7) is 7.91. The maximum absolute atomic E-state index is 12.2. The van der Waals surface area contributed by atoms with Crippen molar-refractivity contribution in [2.45, 2.75) is 52.2 Å². The van der Waals surface area contributed by atoms with E-state index in [-0.39, 0.29) is 5.91 Å². The van der Waals surface area contributed by atoms with Crippen LogP contribution in [0, 0.1) is 0 Å². The van der Waals surface area contributed by atoms with E-state index in [0.29, 0.717) is 6.42 Å². The molecule has 3 heteroatoms. The Labute approximate surface area is 133 Å². The van der Waals surface area contributed by atoms with Crippen molar-refractivity contribution in [3.8, 4) is 0 Å². The van der Waals surface area contributed by atoms with Gasteiger partial charge in [0.1, 0.15) is 0 Å². The Morgan fingerprint density at radius 2 is 1.95 bits per heavy atom. The molecule has 2 atom stereocenters. The van der Waals surface area contributed by atoms with Crippen LogP contribution in [0.15, 0.2) is 53.6 Å². The molecule has 1 N–H and O–H groups in total. The molecule has 1 saturated heterocycles. The highest BCUT2D eigenvalue weighted by atomic mass is 16.3. The number of allylic oxidation sites excluding steroid dienone is 3. The molecule has 1 aromatic rings. The molecule has 1 aliphatic rings. The predicted octanol–water partition coefficient (Wildman–Crippen LogP) is 3.85. The molecule has 0 saturated carbocycles. The molecular weight excluding hydrogens is 274 g/mol. The van der Waals surface area contributed by atoms with Gasteiger partial charge in [-0.1, -0.05) is 35.9 Å². The summed E-state index contributed by atoms with van der Waals surface area (Å²) in [4.78, 5) is 14.0. The van der Waals surface area contributed by atoms with E-state index in [9.17, 15) is 9.90 Å². The third kappa shape index (κ3) is 3.14. The number of hydrogen-bond acceptors (Lipinski definition) is 2. The number of nitrogens with zero attached hydrogens (tertiary/aromatic N) is 1. The Balaban J connectivity index is 2.34. The Bertz CT molecular complexity index is 597. The number of rotatable bonds is 5. The van der Waals surface area contributed by atoms with Gasteiger partial charge in [-0.05, 0) is 51.8 Å². The summed E-state index contributed by atoms with van der Waals surface area (Å²) in [6.07, 6.45) is 4.82. The average Bonchev–Trinajstić information content (AvgIpc) is 2.43. The lowest BCUT2D eigenvalue weighted by Gasteiger charge is -2.52. The van der Waals surface area contributed by atoms with Gasteiger partial charge >= 0.3 is 0 Å². The summed E-state index contributed by atoms with van der Waals surface area (Å²) in [6, 6.07) is 9.66. The van der Waals surface area contributed by atoms with Gasteiger partial charge in [0.25, 0.3) is 0 Å². The van der Waals surface area contributed by atoms with Gasteiger partial charge in [0.05, 0.1) is 18.1 Å². The number of aliphatic hydroxyl groups excluding tert-OH is 1. The van der Waals surface area contributed by atoms with Crippen molar-refractivity contribution in [2.75, 3.05) is 4.90 Å². The Morgan fingerprint density at radius 3 is 2.45 bits per heavy atom. The van der Waals surface area contributed by atoms with E-state index < -0.39 is 11.6 Å². The molecule has 2 unspecified atom stereocenters. The lowest BCUT2D eigenvalue weighted by Crippen LogP contribution is -2.64. The molecule has 1 amide bonds. The lowest BCUT2D eigenvalue weighted by molar-refractivity contribution is -0.126. The Kier molecular flexibility index (Phi) is 4.87. The zero-order valence-corrected chi connectivity index (χ0v) is 13.8. The predicted molar refractivity (Wildman–Crippen MR) is 90.8 cm³/mol. The third-order valence-corrected chi connectivity index (χ3v) is 4.19. The van der Waals surface area contributed by atoms with Gasteiger partial charge in [-0.3, -0.25) is 4.79 Å².